The number of allylic oxidation sites excluding steroid dienone is 4. The molecule has 2 aliphatic carbocycles. The summed E-state index contributed by atoms with van der Waals surface area (Å²) < 4.78 is 0. The monoisotopic (exact) mass is 248 g/mol. The fourth-order valence-corrected chi connectivity index (χ4v) is 5.59. The summed E-state index contributed by atoms with van der Waals surface area (Å²) in [6, 6.07) is 0. The molecular formula is C15H24OSi. The Hall–Kier alpha value is -0.633. The van der Waals surface area contributed by atoms with Gasteiger partial charge in [-0.25, -0.2) is 0 Å². The van der Waals surface area contributed by atoms with Gasteiger partial charge in [0, 0.05) is 6.42 Å². The van der Waals surface area contributed by atoms with Crippen molar-refractivity contribution in [3.8, 4) is 0 Å². The van der Waals surface area contributed by atoms with E-state index in [9.17, 15) is 4.79 Å². The second-order valence-electron chi connectivity index (χ2n) is 6.49. The van der Waals surface area contributed by atoms with Crippen LogP contribution in [0.15, 0.2) is 21.9 Å². The third-order valence-corrected chi connectivity index (χ3v) is 6.23. The van der Waals surface area contributed by atoms with Crippen LogP contribution < -0.4 is 0 Å². The second kappa shape index (κ2) is 4.56. The lowest BCUT2D eigenvalue weighted by molar-refractivity contribution is -0.114. The normalized spacial score (nSPS) is 22.7. The molecule has 0 aromatic rings. The van der Waals surface area contributed by atoms with Crippen LogP contribution in [0.25, 0.3) is 0 Å². The average molecular weight is 248 g/mol. The Morgan fingerprint density at radius 3 is 2.06 bits per heavy atom. The molecule has 0 heterocycles. The molecule has 94 valence electrons. The summed E-state index contributed by atoms with van der Waals surface area (Å²) in [5.41, 5.74) is 4.37. The van der Waals surface area contributed by atoms with Crippen LogP contribution >= 0.6 is 0 Å². The van der Waals surface area contributed by atoms with Crippen LogP contribution in [0.2, 0.25) is 19.6 Å². The van der Waals surface area contributed by atoms with Crippen molar-refractivity contribution in [3.05, 3.63) is 21.9 Å². The number of carbonyl (C=O) groups excluding carboxylic acids is 1. The van der Waals surface area contributed by atoms with E-state index in [4.69, 9.17) is 0 Å². The number of hydrogen-bond acceptors (Lipinski definition) is 1. The molecule has 1 fully saturated rings. The van der Waals surface area contributed by atoms with Crippen molar-refractivity contribution in [1.29, 1.82) is 0 Å². The summed E-state index contributed by atoms with van der Waals surface area (Å²) in [6.07, 6.45) is 7.19. The number of rotatable bonds is 1. The first-order valence-corrected chi connectivity index (χ1v) is 10.4. The van der Waals surface area contributed by atoms with E-state index >= 15 is 0 Å². The lowest BCUT2D eigenvalue weighted by atomic mass is 9.89. The van der Waals surface area contributed by atoms with Crippen LogP contribution in [0.1, 0.15) is 45.4 Å². The highest BCUT2D eigenvalue weighted by Gasteiger charge is 2.34. The third kappa shape index (κ3) is 2.47. The fourth-order valence-electron chi connectivity index (χ4n) is 3.39. The standard InChI is InChI=1S/C15H24OSi/c1-11-13(12-8-6-5-7-9-12)10-14(16)15(11)17(2,3)4/h5-10H2,1-4H3. The molecule has 2 heteroatoms. The summed E-state index contributed by atoms with van der Waals surface area (Å²) in [5.74, 6) is 0.426. The second-order valence-corrected chi connectivity index (χ2v) is 11.5. The van der Waals surface area contributed by atoms with Gasteiger partial charge in [0.25, 0.3) is 0 Å². The summed E-state index contributed by atoms with van der Waals surface area (Å²) >= 11 is 0. The van der Waals surface area contributed by atoms with Gasteiger partial charge in [-0.2, -0.15) is 0 Å². The first-order chi connectivity index (χ1) is 7.91. The van der Waals surface area contributed by atoms with Gasteiger partial charge in [0.05, 0.1) is 8.07 Å². The van der Waals surface area contributed by atoms with Gasteiger partial charge in [-0.3, -0.25) is 4.79 Å². The van der Waals surface area contributed by atoms with Crippen LogP contribution in [0.4, 0.5) is 0 Å². The molecule has 0 unspecified atom stereocenters. The Labute approximate surface area is 106 Å². The summed E-state index contributed by atoms with van der Waals surface area (Å²) in [4.78, 5) is 12.2. The van der Waals surface area contributed by atoms with E-state index in [1.165, 1.54) is 48.4 Å². The smallest absolute Gasteiger partial charge is 0.159 e. The highest BCUT2D eigenvalue weighted by atomic mass is 28.3. The molecule has 1 saturated carbocycles. The van der Waals surface area contributed by atoms with Crippen molar-refractivity contribution >= 4 is 13.9 Å². The summed E-state index contributed by atoms with van der Waals surface area (Å²) in [6.45, 7) is 9.06. The maximum absolute atomic E-state index is 12.2. The molecule has 0 amide bonds. The van der Waals surface area contributed by atoms with Gasteiger partial charge in [0.15, 0.2) is 5.78 Å². The molecule has 1 nitrogen and oxygen atoms in total. The van der Waals surface area contributed by atoms with Crippen molar-refractivity contribution in [1.82, 2.24) is 0 Å². The van der Waals surface area contributed by atoms with Gasteiger partial charge in [0.1, 0.15) is 0 Å². The van der Waals surface area contributed by atoms with Gasteiger partial charge in [0.2, 0.25) is 0 Å². The molecule has 0 bridgehead atoms. The maximum Gasteiger partial charge on any atom is 0.159 e. The van der Waals surface area contributed by atoms with Crippen molar-refractivity contribution in [2.45, 2.75) is 65.1 Å². The molecule has 0 aromatic heterocycles. The van der Waals surface area contributed by atoms with Crippen molar-refractivity contribution in [2.24, 2.45) is 0 Å². The van der Waals surface area contributed by atoms with E-state index in [-0.39, 0.29) is 0 Å². The van der Waals surface area contributed by atoms with Gasteiger partial charge >= 0.3 is 0 Å². The highest BCUT2D eigenvalue weighted by molar-refractivity contribution is 6.87. The molecule has 0 radical (unpaired) electrons. The lowest BCUT2D eigenvalue weighted by Crippen LogP contribution is -2.28. The van der Waals surface area contributed by atoms with E-state index < -0.39 is 8.07 Å². The largest absolute Gasteiger partial charge is 0.295 e. The SMILES string of the molecule is CC1=C([Si](C)(C)C)C(=O)CC1=C1CCCCC1. The zero-order chi connectivity index (χ0) is 12.6. The molecular weight excluding hydrogens is 224 g/mol. The van der Waals surface area contributed by atoms with E-state index in [2.05, 4.69) is 26.6 Å². The Kier molecular flexibility index (Phi) is 3.44. The van der Waals surface area contributed by atoms with Gasteiger partial charge < -0.3 is 0 Å². The number of carbonyl (C=O) groups is 1. The average Bonchev–Trinajstić information content (AvgIpc) is 2.54. The number of Topliss-reactive ketones (excluding diaryl/α,β-unsaturated/α-hetero) is 1. The Bertz CT molecular complexity index is 399. The highest BCUT2D eigenvalue weighted by Crippen LogP contribution is 2.39. The summed E-state index contributed by atoms with van der Waals surface area (Å²) in [5, 5.41) is 1.21. The van der Waals surface area contributed by atoms with Crippen LogP contribution in [0, 0.1) is 0 Å². The van der Waals surface area contributed by atoms with E-state index in [0.717, 1.165) is 0 Å². The van der Waals surface area contributed by atoms with Crippen LogP contribution in [0.5, 0.6) is 0 Å². The molecule has 0 aliphatic heterocycles. The number of ketones is 1. The minimum absolute atomic E-state index is 0.426. The van der Waals surface area contributed by atoms with Crippen molar-refractivity contribution in [3.63, 3.8) is 0 Å². The Morgan fingerprint density at radius 1 is 1.00 bits per heavy atom. The minimum atomic E-state index is -1.46. The van der Waals surface area contributed by atoms with Gasteiger partial charge in [-0.1, -0.05) is 31.6 Å². The van der Waals surface area contributed by atoms with E-state index in [1.54, 1.807) is 5.57 Å². The zero-order valence-corrected chi connectivity index (χ0v) is 12.7. The third-order valence-electron chi connectivity index (χ3n) is 4.08. The van der Waals surface area contributed by atoms with Crippen LogP contribution in [-0.2, 0) is 4.79 Å². The van der Waals surface area contributed by atoms with Crippen molar-refractivity contribution < 1.29 is 4.79 Å². The Balaban J connectivity index is 2.41. The topological polar surface area (TPSA) is 17.1 Å². The van der Waals surface area contributed by atoms with Gasteiger partial charge in [-0.05, 0) is 48.9 Å². The molecule has 0 saturated heterocycles. The molecule has 17 heavy (non-hydrogen) atoms. The van der Waals surface area contributed by atoms with Gasteiger partial charge in [-0.15, -0.1) is 0 Å². The number of hydrogen-bond donors (Lipinski definition) is 0. The predicted molar refractivity (Wildman–Crippen MR) is 75.8 cm³/mol. The predicted octanol–water partition coefficient (Wildman–Crippen LogP) is 4.41. The van der Waals surface area contributed by atoms with Crippen LogP contribution in [0.3, 0.4) is 0 Å². The molecule has 0 aromatic carbocycles. The fraction of sp³-hybridized carbons (Fsp3) is 0.667. The van der Waals surface area contributed by atoms with E-state index in [0.29, 0.717) is 12.2 Å². The first-order valence-electron chi connectivity index (χ1n) is 6.87. The molecule has 2 rings (SSSR count). The zero-order valence-electron chi connectivity index (χ0n) is 11.7. The van der Waals surface area contributed by atoms with Crippen LogP contribution in [-0.4, -0.2) is 13.9 Å². The lowest BCUT2D eigenvalue weighted by Gasteiger charge is -2.19. The Morgan fingerprint density at radius 2 is 1.59 bits per heavy atom. The molecule has 2 aliphatic rings. The molecule has 0 N–H and O–H groups in total. The maximum atomic E-state index is 12.2. The summed E-state index contributed by atoms with van der Waals surface area (Å²) in [7, 11) is -1.46. The quantitative estimate of drug-likeness (QED) is 0.628. The first kappa shape index (κ1) is 12.8. The van der Waals surface area contributed by atoms with E-state index in [1.807, 2.05) is 0 Å². The molecule has 0 spiro atoms. The molecule has 0 atom stereocenters. The van der Waals surface area contributed by atoms with Crippen molar-refractivity contribution in [2.75, 3.05) is 0 Å². The minimum Gasteiger partial charge on any atom is -0.295 e.